The lowest BCUT2D eigenvalue weighted by Gasteiger charge is -2.36. The summed E-state index contributed by atoms with van der Waals surface area (Å²) in [6.07, 6.45) is 5.58. The van der Waals surface area contributed by atoms with Crippen LogP contribution in [-0.4, -0.2) is 45.0 Å². The van der Waals surface area contributed by atoms with Crippen molar-refractivity contribution in [1.29, 1.82) is 0 Å². The number of rotatable bonds is 6. The fourth-order valence-corrected chi connectivity index (χ4v) is 4.40. The molecule has 1 spiro atoms. The first kappa shape index (κ1) is 19.8. The summed E-state index contributed by atoms with van der Waals surface area (Å²) in [6.45, 7) is 5.56. The van der Waals surface area contributed by atoms with E-state index in [1.807, 2.05) is 20.8 Å². The zero-order valence-corrected chi connectivity index (χ0v) is 17.2. The number of nitrogens with one attached hydrogen (secondary N) is 2. The largest absolute Gasteiger partial charge is 0.342 e. The summed E-state index contributed by atoms with van der Waals surface area (Å²) < 4.78 is 5.37. The van der Waals surface area contributed by atoms with Gasteiger partial charge in [0, 0.05) is 5.92 Å². The van der Waals surface area contributed by atoms with Crippen molar-refractivity contribution in [2.45, 2.75) is 76.8 Å². The first-order valence-electron chi connectivity index (χ1n) is 10.6. The number of amides is 4. The van der Waals surface area contributed by atoms with Crippen LogP contribution in [0.25, 0.3) is 0 Å². The van der Waals surface area contributed by atoms with Crippen molar-refractivity contribution < 1.29 is 18.9 Å². The number of hydrogen-bond acceptors (Lipinski definition) is 6. The quantitative estimate of drug-likeness (QED) is 0.704. The van der Waals surface area contributed by atoms with Crippen molar-refractivity contribution in [3.05, 3.63) is 11.7 Å². The van der Waals surface area contributed by atoms with Gasteiger partial charge in [0.1, 0.15) is 18.1 Å². The molecule has 9 heteroatoms. The molecule has 2 N–H and O–H groups in total. The summed E-state index contributed by atoms with van der Waals surface area (Å²) >= 11 is 0. The second-order valence-corrected chi connectivity index (χ2v) is 8.99. The van der Waals surface area contributed by atoms with Gasteiger partial charge in [-0.25, -0.2) is 4.79 Å². The van der Waals surface area contributed by atoms with E-state index in [2.05, 4.69) is 20.8 Å². The highest BCUT2D eigenvalue weighted by Crippen LogP contribution is 2.39. The van der Waals surface area contributed by atoms with E-state index >= 15 is 0 Å². The zero-order chi connectivity index (χ0) is 20.8. The Hall–Kier alpha value is -2.45. The monoisotopic (exact) mass is 403 g/mol. The fourth-order valence-electron chi connectivity index (χ4n) is 4.40. The van der Waals surface area contributed by atoms with Crippen LogP contribution in [0.5, 0.6) is 0 Å². The van der Waals surface area contributed by atoms with Crippen molar-refractivity contribution in [3.63, 3.8) is 0 Å². The van der Waals surface area contributed by atoms with E-state index in [1.165, 1.54) is 0 Å². The van der Waals surface area contributed by atoms with Crippen molar-refractivity contribution in [2.75, 3.05) is 6.54 Å². The third kappa shape index (κ3) is 3.62. The highest BCUT2D eigenvalue weighted by molar-refractivity contribution is 6.09. The van der Waals surface area contributed by atoms with Crippen molar-refractivity contribution in [2.24, 2.45) is 11.8 Å². The van der Waals surface area contributed by atoms with Gasteiger partial charge in [-0.1, -0.05) is 38.8 Å². The Balaban J connectivity index is 1.43. The van der Waals surface area contributed by atoms with E-state index in [0.717, 1.165) is 37.0 Å². The molecule has 1 aromatic heterocycles. The lowest BCUT2D eigenvalue weighted by Crippen LogP contribution is -2.54. The van der Waals surface area contributed by atoms with E-state index in [4.69, 9.17) is 4.52 Å². The summed E-state index contributed by atoms with van der Waals surface area (Å²) in [7, 11) is 0. The van der Waals surface area contributed by atoms with Crippen LogP contribution in [0.2, 0.25) is 0 Å². The average molecular weight is 403 g/mol. The minimum absolute atomic E-state index is 0.0132. The minimum atomic E-state index is -0.862. The first-order valence-corrected chi connectivity index (χ1v) is 10.6. The van der Waals surface area contributed by atoms with Crippen LogP contribution in [0.15, 0.2) is 4.52 Å². The summed E-state index contributed by atoms with van der Waals surface area (Å²) in [5, 5.41) is 9.75. The second kappa shape index (κ2) is 7.42. The van der Waals surface area contributed by atoms with Crippen LogP contribution >= 0.6 is 0 Å². The molecule has 4 rings (SSSR count). The van der Waals surface area contributed by atoms with Gasteiger partial charge < -0.3 is 15.2 Å². The van der Waals surface area contributed by atoms with Gasteiger partial charge in [-0.2, -0.15) is 4.98 Å². The Labute approximate surface area is 170 Å². The fraction of sp³-hybridized carbons (Fsp3) is 0.750. The summed E-state index contributed by atoms with van der Waals surface area (Å²) in [5.74, 6) is 0.768. The molecular weight excluding hydrogens is 374 g/mol. The zero-order valence-electron chi connectivity index (χ0n) is 17.2. The minimum Gasteiger partial charge on any atom is -0.342 e. The predicted octanol–water partition coefficient (Wildman–Crippen LogP) is 2.26. The molecule has 0 radical (unpaired) electrons. The predicted molar refractivity (Wildman–Crippen MR) is 103 cm³/mol. The van der Waals surface area contributed by atoms with Crippen molar-refractivity contribution >= 4 is 17.8 Å². The first-order chi connectivity index (χ1) is 13.8. The molecule has 3 aliphatic rings. The number of aromatic nitrogens is 2. The Morgan fingerprint density at radius 3 is 2.72 bits per heavy atom. The van der Waals surface area contributed by atoms with E-state index in [1.54, 1.807) is 0 Å². The molecular formula is C20H29N5O4. The van der Waals surface area contributed by atoms with E-state index in [-0.39, 0.29) is 24.3 Å². The smallest absolute Gasteiger partial charge is 0.325 e. The maximum atomic E-state index is 13.0. The molecule has 29 heavy (non-hydrogen) atoms. The maximum absolute atomic E-state index is 13.0. The van der Waals surface area contributed by atoms with Crippen LogP contribution in [0.3, 0.4) is 0 Å². The molecule has 2 aliphatic carbocycles. The van der Waals surface area contributed by atoms with Crippen molar-refractivity contribution in [3.8, 4) is 0 Å². The van der Waals surface area contributed by atoms with Crippen LogP contribution in [0, 0.1) is 11.8 Å². The molecule has 2 saturated carbocycles. The standard InChI is InChI=1S/C20H29N5O4/c1-11(2)15(17-22-16(24-29-17)13-7-8-13)21-14(26)10-25-18(27)20(23-19(25)28)9-5-4-6-12(20)3/h11-13,15H,4-10H2,1-3H3,(H,21,26)(H,23,28). The highest BCUT2D eigenvalue weighted by atomic mass is 16.5. The second-order valence-electron chi connectivity index (χ2n) is 8.99. The molecule has 0 aromatic carbocycles. The van der Waals surface area contributed by atoms with E-state index < -0.39 is 23.5 Å². The molecule has 9 nitrogen and oxygen atoms in total. The number of carbonyl (C=O) groups excluding carboxylic acids is 3. The third-order valence-corrected chi connectivity index (χ3v) is 6.45. The lowest BCUT2D eigenvalue weighted by atomic mass is 9.73. The van der Waals surface area contributed by atoms with Gasteiger partial charge in [0.15, 0.2) is 5.82 Å². The van der Waals surface area contributed by atoms with Gasteiger partial charge in [-0.3, -0.25) is 14.5 Å². The van der Waals surface area contributed by atoms with Crippen LogP contribution in [0.4, 0.5) is 4.79 Å². The van der Waals surface area contributed by atoms with Gasteiger partial charge in [0.05, 0.1) is 0 Å². The molecule has 3 fully saturated rings. The van der Waals surface area contributed by atoms with Gasteiger partial charge in [-0.15, -0.1) is 0 Å². The van der Waals surface area contributed by atoms with Gasteiger partial charge in [0.25, 0.3) is 5.91 Å². The summed E-state index contributed by atoms with van der Waals surface area (Å²) in [6, 6.07) is -0.959. The Morgan fingerprint density at radius 2 is 2.07 bits per heavy atom. The Bertz CT molecular complexity index is 818. The van der Waals surface area contributed by atoms with Gasteiger partial charge in [0.2, 0.25) is 11.8 Å². The molecule has 1 aromatic rings. The molecule has 1 saturated heterocycles. The molecule has 3 atom stereocenters. The molecule has 0 bridgehead atoms. The van der Waals surface area contributed by atoms with E-state index in [0.29, 0.717) is 24.1 Å². The Morgan fingerprint density at radius 1 is 1.31 bits per heavy atom. The van der Waals surface area contributed by atoms with Crippen LogP contribution < -0.4 is 10.6 Å². The highest BCUT2D eigenvalue weighted by Gasteiger charge is 2.55. The topological polar surface area (TPSA) is 117 Å². The van der Waals surface area contributed by atoms with Crippen molar-refractivity contribution in [1.82, 2.24) is 25.7 Å². The van der Waals surface area contributed by atoms with E-state index in [9.17, 15) is 14.4 Å². The van der Waals surface area contributed by atoms with Gasteiger partial charge in [-0.05, 0) is 37.5 Å². The average Bonchev–Trinajstić information content (AvgIpc) is 3.37. The number of imide groups is 1. The molecule has 3 unspecified atom stereocenters. The normalized spacial score (nSPS) is 28.1. The number of nitrogens with zero attached hydrogens (tertiary/aromatic N) is 3. The number of hydrogen-bond donors (Lipinski definition) is 2. The molecule has 4 amide bonds. The Kier molecular flexibility index (Phi) is 5.08. The summed E-state index contributed by atoms with van der Waals surface area (Å²) in [5.41, 5.74) is -0.862. The maximum Gasteiger partial charge on any atom is 0.325 e. The van der Waals surface area contributed by atoms with Crippen LogP contribution in [-0.2, 0) is 9.59 Å². The van der Waals surface area contributed by atoms with Crippen LogP contribution in [0.1, 0.15) is 83.0 Å². The summed E-state index contributed by atoms with van der Waals surface area (Å²) in [4.78, 5) is 43.7. The third-order valence-electron chi connectivity index (χ3n) is 6.45. The SMILES string of the molecule is CC(C)C(NC(=O)CN1C(=O)NC2(CCCCC2C)C1=O)c1nc(C2CC2)no1. The lowest BCUT2D eigenvalue weighted by molar-refractivity contribution is -0.137. The molecule has 2 heterocycles. The molecule has 1 aliphatic heterocycles. The number of urea groups is 1. The number of carbonyl (C=O) groups is 3. The molecule has 158 valence electrons. The van der Waals surface area contributed by atoms with Gasteiger partial charge >= 0.3 is 6.03 Å².